The average molecular weight is 326 g/mol. The number of rotatable bonds is 2. The molecule has 2 aliphatic heterocycles. The van der Waals surface area contributed by atoms with Gasteiger partial charge >= 0.3 is 11.9 Å². The first-order valence-electron chi connectivity index (χ1n) is 7.53. The van der Waals surface area contributed by atoms with Crippen LogP contribution in [0.2, 0.25) is 0 Å². The molecular formula is C18H14O6. The van der Waals surface area contributed by atoms with Crippen LogP contribution in [0, 0.1) is 11.8 Å². The minimum atomic E-state index is -0.788. The van der Waals surface area contributed by atoms with E-state index in [4.69, 9.17) is 9.47 Å². The van der Waals surface area contributed by atoms with Gasteiger partial charge in [0.15, 0.2) is 0 Å². The third-order valence-corrected chi connectivity index (χ3v) is 4.47. The minimum absolute atomic E-state index is 0.0305. The Morgan fingerprint density at radius 3 is 1.50 bits per heavy atom. The highest BCUT2D eigenvalue weighted by Crippen LogP contribution is 2.51. The highest BCUT2D eigenvalue weighted by molar-refractivity contribution is 5.89. The molecule has 24 heavy (non-hydrogen) atoms. The number of esters is 2. The SMILES string of the molecule is O=C1OC(c2cccc(O)c2)C2C(=O)OC(c3cccc(O)c3)C12. The van der Waals surface area contributed by atoms with E-state index in [0.29, 0.717) is 11.1 Å². The molecule has 0 spiro atoms. The van der Waals surface area contributed by atoms with Crippen LogP contribution in [-0.2, 0) is 19.1 Å². The highest BCUT2D eigenvalue weighted by Gasteiger charge is 2.60. The van der Waals surface area contributed by atoms with E-state index in [1.54, 1.807) is 24.3 Å². The molecule has 122 valence electrons. The second kappa shape index (κ2) is 5.26. The van der Waals surface area contributed by atoms with Crippen molar-refractivity contribution in [2.75, 3.05) is 0 Å². The summed E-state index contributed by atoms with van der Waals surface area (Å²) in [5, 5.41) is 19.2. The van der Waals surface area contributed by atoms with Gasteiger partial charge in [0.1, 0.15) is 35.5 Å². The zero-order valence-electron chi connectivity index (χ0n) is 12.5. The molecule has 6 heteroatoms. The van der Waals surface area contributed by atoms with Crippen molar-refractivity contribution in [3.8, 4) is 11.5 Å². The normalized spacial score (nSPS) is 28.3. The summed E-state index contributed by atoms with van der Waals surface area (Å²) in [4.78, 5) is 24.7. The largest absolute Gasteiger partial charge is 0.508 e. The van der Waals surface area contributed by atoms with Crippen molar-refractivity contribution in [2.45, 2.75) is 12.2 Å². The number of phenolic OH excluding ortho intramolecular Hbond substituents is 2. The van der Waals surface area contributed by atoms with Gasteiger partial charge in [-0.15, -0.1) is 0 Å². The molecule has 2 aromatic rings. The number of hydrogen-bond donors (Lipinski definition) is 2. The summed E-state index contributed by atoms with van der Waals surface area (Å²) in [5.41, 5.74) is 1.09. The van der Waals surface area contributed by atoms with E-state index < -0.39 is 36.0 Å². The van der Waals surface area contributed by atoms with Gasteiger partial charge in [0.25, 0.3) is 0 Å². The zero-order valence-corrected chi connectivity index (χ0v) is 12.5. The lowest BCUT2D eigenvalue weighted by molar-refractivity contribution is -0.154. The summed E-state index contributed by atoms with van der Waals surface area (Å²) in [6.07, 6.45) is -1.58. The van der Waals surface area contributed by atoms with Crippen LogP contribution in [0.5, 0.6) is 11.5 Å². The van der Waals surface area contributed by atoms with Gasteiger partial charge in [-0.3, -0.25) is 9.59 Å². The van der Waals surface area contributed by atoms with E-state index in [1.807, 2.05) is 0 Å². The highest BCUT2D eigenvalue weighted by atomic mass is 16.6. The van der Waals surface area contributed by atoms with E-state index in [-0.39, 0.29) is 11.5 Å². The van der Waals surface area contributed by atoms with E-state index in [0.717, 1.165) is 0 Å². The van der Waals surface area contributed by atoms with Gasteiger partial charge in [-0.05, 0) is 35.4 Å². The van der Waals surface area contributed by atoms with Crippen LogP contribution in [0.3, 0.4) is 0 Å². The lowest BCUT2D eigenvalue weighted by Crippen LogP contribution is -2.19. The van der Waals surface area contributed by atoms with Gasteiger partial charge in [0, 0.05) is 0 Å². The van der Waals surface area contributed by atoms with Crippen LogP contribution >= 0.6 is 0 Å². The number of cyclic esters (lactones) is 2. The smallest absolute Gasteiger partial charge is 0.314 e. The molecule has 2 heterocycles. The molecule has 0 bridgehead atoms. The number of aromatic hydroxyl groups is 2. The topological polar surface area (TPSA) is 93.1 Å². The van der Waals surface area contributed by atoms with Crippen LogP contribution in [0.4, 0.5) is 0 Å². The fourth-order valence-corrected chi connectivity index (χ4v) is 3.43. The average Bonchev–Trinajstić information content (AvgIpc) is 3.07. The molecule has 2 N–H and O–H groups in total. The van der Waals surface area contributed by atoms with Crippen LogP contribution < -0.4 is 0 Å². The molecule has 2 aliphatic rings. The second-order valence-electron chi connectivity index (χ2n) is 5.96. The van der Waals surface area contributed by atoms with Crippen molar-refractivity contribution in [3.63, 3.8) is 0 Å². The fraction of sp³-hybridized carbons (Fsp3) is 0.222. The molecular weight excluding hydrogens is 312 g/mol. The first kappa shape index (κ1) is 14.6. The zero-order chi connectivity index (χ0) is 16.8. The van der Waals surface area contributed by atoms with Crippen molar-refractivity contribution in [3.05, 3.63) is 59.7 Å². The van der Waals surface area contributed by atoms with E-state index in [9.17, 15) is 19.8 Å². The van der Waals surface area contributed by atoms with Gasteiger partial charge in [0.05, 0.1) is 0 Å². The summed E-state index contributed by atoms with van der Waals surface area (Å²) < 4.78 is 10.8. The first-order chi connectivity index (χ1) is 11.5. The molecule has 4 rings (SSSR count). The number of fused-ring (bicyclic) bond motifs is 1. The van der Waals surface area contributed by atoms with Crippen molar-refractivity contribution in [2.24, 2.45) is 11.8 Å². The minimum Gasteiger partial charge on any atom is -0.508 e. The van der Waals surface area contributed by atoms with Crippen molar-refractivity contribution >= 4 is 11.9 Å². The number of ether oxygens (including phenoxy) is 2. The number of benzene rings is 2. The van der Waals surface area contributed by atoms with Gasteiger partial charge in [-0.25, -0.2) is 0 Å². The maximum absolute atomic E-state index is 12.4. The maximum atomic E-state index is 12.4. The van der Waals surface area contributed by atoms with Gasteiger partial charge in [0.2, 0.25) is 0 Å². The Hall–Kier alpha value is -3.02. The molecule has 0 aromatic heterocycles. The Labute approximate surface area is 137 Å². The van der Waals surface area contributed by atoms with Crippen molar-refractivity contribution in [1.29, 1.82) is 0 Å². The molecule has 6 nitrogen and oxygen atoms in total. The predicted molar refractivity (Wildman–Crippen MR) is 80.9 cm³/mol. The number of hydrogen-bond acceptors (Lipinski definition) is 6. The van der Waals surface area contributed by atoms with Gasteiger partial charge in [-0.2, -0.15) is 0 Å². The molecule has 0 amide bonds. The molecule has 2 aromatic carbocycles. The monoisotopic (exact) mass is 326 g/mol. The Kier molecular flexibility index (Phi) is 3.19. The molecule has 0 saturated carbocycles. The second-order valence-corrected chi connectivity index (χ2v) is 5.96. The Morgan fingerprint density at radius 1 is 0.708 bits per heavy atom. The van der Waals surface area contributed by atoms with Crippen LogP contribution in [0.1, 0.15) is 23.3 Å². The van der Waals surface area contributed by atoms with Gasteiger partial charge < -0.3 is 19.7 Å². The molecule has 2 saturated heterocycles. The lowest BCUT2D eigenvalue weighted by Gasteiger charge is -2.15. The molecule has 0 radical (unpaired) electrons. The Balaban J connectivity index is 1.72. The number of carbonyl (C=O) groups is 2. The van der Waals surface area contributed by atoms with Crippen molar-refractivity contribution < 1.29 is 29.3 Å². The third-order valence-electron chi connectivity index (χ3n) is 4.47. The number of carbonyl (C=O) groups excluding carboxylic acids is 2. The Bertz CT molecular complexity index is 760. The van der Waals surface area contributed by atoms with Crippen LogP contribution in [0.15, 0.2) is 48.5 Å². The van der Waals surface area contributed by atoms with Crippen molar-refractivity contribution in [1.82, 2.24) is 0 Å². The Morgan fingerprint density at radius 2 is 1.12 bits per heavy atom. The first-order valence-corrected chi connectivity index (χ1v) is 7.53. The van der Waals surface area contributed by atoms with Gasteiger partial charge in [-0.1, -0.05) is 24.3 Å². The summed E-state index contributed by atoms with van der Waals surface area (Å²) in [7, 11) is 0. The summed E-state index contributed by atoms with van der Waals surface area (Å²) in [6.45, 7) is 0. The number of phenols is 2. The van der Waals surface area contributed by atoms with E-state index in [1.165, 1.54) is 24.3 Å². The predicted octanol–water partition coefficient (Wildman–Crippen LogP) is 2.23. The molecule has 4 atom stereocenters. The third kappa shape index (κ3) is 2.19. The van der Waals surface area contributed by atoms with E-state index in [2.05, 4.69) is 0 Å². The van der Waals surface area contributed by atoms with Crippen LogP contribution in [0.25, 0.3) is 0 Å². The maximum Gasteiger partial charge on any atom is 0.314 e. The quantitative estimate of drug-likeness (QED) is 0.822. The molecule has 2 fully saturated rings. The summed E-state index contributed by atoms with van der Waals surface area (Å²) >= 11 is 0. The van der Waals surface area contributed by atoms with E-state index >= 15 is 0 Å². The summed E-state index contributed by atoms with van der Waals surface area (Å²) in [6, 6.07) is 12.6. The molecule has 4 unspecified atom stereocenters. The summed E-state index contributed by atoms with van der Waals surface area (Å²) in [5.74, 6) is -2.52. The van der Waals surface area contributed by atoms with Crippen LogP contribution in [-0.4, -0.2) is 22.2 Å². The standard InChI is InChI=1S/C18H14O6/c19-11-5-1-3-9(7-11)15-13-14(18(22)23-15)16(24-17(13)21)10-4-2-6-12(20)8-10/h1-8,13-16,19-20H. The fourth-order valence-electron chi connectivity index (χ4n) is 3.43. The lowest BCUT2D eigenvalue weighted by atomic mass is 9.84. The molecule has 0 aliphatic carbocycles.